The molecule has 5 heteroatoms. The highest BCUT2D eigenvalue weighted by Crippen LogP contribution is 2.30. The van der Waals surface area contributed by atoms with Crippen molar-refractivity contribution in [2.45, 2.75) is 51.5 Å². The van der Waals surface area contributed by atoms with E-state index in [-0.39, 0.29) is 0 Å². The Morgan fingerprint density at radius 2 is 2.00 bits per heavy atom. The van der Waals surface area contributed by atoms with Gasteiger partial charge in [-0.05, 0) is 19.8 Å². The molecule has 3 rings (SSSR count). The molecule has 2 aromatic heterocycles. The van der Waals surface area contributed by atoms with Crippen LogP contribution in [0.4, 0.5) is 5.82 Å². The molecule has 0 amide bonds. The summed E-state index contributed by atoms with van der Waals surface area (Å²) < 4.78 is 2.11. The molecule has 0 aliphatic heterocycles. The molecule has 0 radical (unpaired) electrons. The lowest BCUT2D eigenvalue weighted by molar-refractivity contribution is 0.415. The number of hydrogen-bond acceptors (Lipinski definition) is 4. The van der Waals surface area contributed by atoms with Gasteiger partial charge >= 0.3 is 0 Å². The number of hydrogen-bond donors (Lipinski definition) is 1. The number of rotatable bonds is 3. The van der Waals surface area contributed by atoms with Gasteiger partial charge < -0.3 is 5.32 Å². The summed E-state index contributed by atoms with van der Waals surface area (Å²) in [5, 5.41) is 8.89. The number of nitrogens with one attached hydrogen (secondary N) is 1. The molecular formula is C14H21N5. The minimum atomic E-state index is 0.504. The van der Waals surface area contributed by atoms with Gasteiger partial charge in [-0.25, -0.2) is 14.6 Å². The molecule has 1 N–H and O–H groups in total. The molecular weight excluding hydrogens is 238 g/mol. The standard InChI is InChI=1S/C14H21N5/c1-2-15-13-12-9-18-19(14(12)17-10-16-13)11-7-5-3-4-6-8-11/h9-11H,2-8H2,1H3,(H,15,16,17). The molecule has 0 unspecified atom stereocenters. The maximum absolute atomic E-state index is 4.58. The second-order valence-corrected chi connectivity index (χ2v) is 5.22. The van der Waals surface area contributed by atoms with Crippen LogP contribution in [-0.4, -0.2) is 26.3 Å². The van der Waals surface area contributed by atoms with E-state index in [1.807, 2.05) is 6.20 Å². The minimum absolute atomic E-state index is 0.504. The van der Waals surface area contributed by atoms with Crippen molar-refractivity contribution >= 4 is 16.9 Å². The average molecular weight is 259 g/mol. The van der Waals surface area contributed by atoms with Crippen molar-refractivity contribution in [3.05, 3.63) is 12.5 Å². The molecule has 5 nitrogen and oxygen atoms in total. The van der Waals surface area contributed by atoms with Crippen LogP contribution in [0.1, 0.15) is 51.5 Å². The fraction of sp³-hybridized carbons (Fsp3) is 0.643. The number of fused-ring (bicyclic) bond motifs is 1. The third kappa shape index (κ3) is 2.41. The zero-order chi connectivity index (χ0) is 13.1. The normalized spacial score (nSPS) is 17.5. The van der Waals surface area contributed by atoms with Crippen molar-refractivity contribution in [3.8, 4) is 0 Å². The van der Waals surface area contributed by atoms with E-state index in [1.54, 1.807) is 6.33 Å². The molecule has 0 aromatic carbocycles. The predicted octanol–water partition coefficient (Wildman–Crippen LogP) is 3.15. The highest BCUT2D eigenvalue weighted by molar-refractivity contribution is 5.86. The lowest BCUT2D eigenvalue weighted by Crippen LogP contribution is -2.10. The Morgan fingerprint density at radius 1 is 1.21 bits per heavy atom. The van der Waals surface area contributed by atoms with Gasteiger partial charge in [0.2, 0.25) is 0 Å². The summed E-state index contributed by atoms with van der Waals surface area (Å²) in [5.74, 6) is 0.896. The van der Waals surface area contributed by atoms with E-state index in [0.29, 0.717) is 6.04 Å². The van der Waals surface area contributed by atoms with Crippen molar-refractivity contribution in [1.29, 1.82) is 0 Å². The molecule has 0 saturated heterocycles. The first-order chi connectivity index (χ1) is 9.40. The number of aromatic nitrogens is 4. The van der Waals surface area contributed by atoms with Crippen LogP contribution in [0.5, 0.6) is 0 Å². The molecule has 1 aliphatic rings. The van der Waals surface area contributed by atoms with E-state index in [1.165, 1.54) is 38.5 Å². The second-order valence-electron chi connectivity index (χ2n) is 5.22. The lowest BCUT2D eigenvalue weighted by Gasteiger charge is -2.15. The molecule has 1 saturated carbocycles. The molecule has 0 spiro atoms. The van der Waals surface area contributed by atoms with E-state index in [4.69, 9.17) is 0 Å². The van der Waals surface area contributed by atoms with Crippen LogP contribution >= 0.6 is 0 Å². The van der Waals surface area contributed by atoms with Gasteiger partial charge in [-0.15, -0.1) is 0 Å². The van der Waals surface area contributed by atoms with Crippen molar-refractivity contribution < 1.29 is 0 Å². The molecule has 1 fully saturated rings. The van der Waals surface area contributed by atoms with Gasteiger partial charge in [-0.1, -0.05) is 25.7 Å². The predicted molar refractivity (Wildman–Crippen MR) is 76.2 cm³/mol. The summed E-state index contributed by atoms with van der Waals surface area (Å²) >= 11 is 0. The van der Waals surface area contributed by atoms with E-state index >= 15 is 0 Å². The average Bonchev–Trinajstić information content (AvgIpc) is 2.68. The van der Waals surface area contributed by atoms with Gasteiger partial charge in [0.1, 0.15) is 12.1 Å². The summed E-state index contributed by atoms with van der Waals surface area (Å²) in [6.45, 7) is 2.93. The first-order valence-corrected chi connectivity index (χ1v) is 7.32. The smallest absolute Gasteiger partial charge is 0.163 e. The quantitative estimate of drug-likeness (QED) is 0.860. The van der Waals surface area contributed by atoms with Crippen LogP contribution in [0.15, 0.2) is 12.5 Å². The largest absolute Gasteiger partial charge is 0.370 e. The van der Waals surface area contributed by atoms with Crippen LogP contribution in [0.2, 0.25) is 0 Å². The summed E-state index contributed by atoms with van der Waals surface area (Å²) in [6.07, 6.45) is 11.3. The van der Waals surface area contributed by atoms with Crippen molar-refractivity contribution in [1.82, 2.24) is 19.7 Å². The molecule has 1 aliphatic carbocycles. The van der Waals surface area contributed by atoms with Crippen LogP contribution in [-0.2, 0) is 0 Å². The Labute approximate surface area is 113 Å². The van der Waals surface area contributed by atoms with Crippen LogP contribution in [0.25, 0.3) is 11.0 Å². The highest BCUT2D eigenvalue weighted by atomic mass is 15.3. The molecule has 2 heterocycles. The van der Waals surface area contributed by atoms with E-state index < -0.39 is 0 Å². The topological polar surface area (TPSA) is 55.6 Å². The highest BCUT2D eigenvalue weighted by Gasteiger charge is 2.18. The molecule has 102 valence electrons. The van der Waals surface area contributed by atoms with Crippen LogP contribution in [0.3, 0.4) is 0 Å². The Balaban J connectivity index is 1.97. The Kier molecular flexibility index (Phi) is 3.62. The summed E-state index contributed by atoms with van der Waals surface area (Å²) in [7, 11) is 0. The fourth-order valence-electron chi connectivity index (χ4n) is 2.94. The number of anilines is 1. The van der Waals surface area contributed by atoms with E-state index in [0.717, 1.165) is 23.4 Å². The second kappa shape index (κ2) is 5.55. The minimum Gasteiger partial charge on any atom is -0.370 e. The van der Waals surface area contributed by atoms with E-state index in [2.05, 4.69) is 32.0 Å². The SMILES string of the molecule is CCNc1ncnc2c1cnn2C1CCCCCC1. The molecule has 0 atom stereocenters. The summed E-state index contributed by atoms with van der Waals surface area (Å²) in [6, 6.07) is 0.504. The fourth-order valence-corrected chi connectivity index (χ4v) is 2.94. The first-order valence-electron chi connectivity index (χ1n) is 7.32. The van der Waals surface area contributed by atoms with Gasteiger partial charge in [-0.3, -0.25) is 0 Å². The maximum atomic E-state index is 4.58. The summed E-state index contributed by atoms with van der Waals surface area (Å²) in [4.78, 5) is 8.74. The zero-order valence-electron chi connectivity index (χ0n) is 11.5. The maximum Gasteiger partial charge on any atom is 0.163 e. The zero-order valence-corrected chi connectivity index (χ0v) is 11.5. The summed E-state index contributed by atoms with van der Waals surface area (Å²) in [5.41, 5.74) is 0.970. The Morgan fingerprint density at radius 3 is 2.74 bits per heavy atom. The lowest BCUT2D eigenvalue weighted by atomic mass is 10.1. The Bertz CT molecular complexity index is 540. The third-order valence-electron chi connectivity index (χ3n) is 3.91. The third-order valence-corrected chi connectivity index (χ3v) is 3.91. The van der Waals surface area contributed by atoms with Crippen molar-refractivity contribution in [2.75, 3.05) is 11.9 Å². The van der Waals surface area contributed by atoms with Crippen LogP contribution in [0, 0.1) is 0 Å². The first kappa shape index (κ1) is 12.4. The number of nitrogens with zero attached hydrogens (tertiary/aromatic N) is 4. The van der Waals surface area contributed by atoms with Crippen molar-refractivity contribution in [2.24, 2.45) is 0 Å². The van der Waals surface area contributed by atoms with Crippen LogP contribution < -0.4 is 5.32 Å². The van der Waals surface area contributed by atoms with Gasteiger partial charge in [0.05, 0.1) is 17.6 Å². The van der Waals surface area contributed by atoms with Gasteiger partial charge in [0.25, 0.3) is 0 Å². The molecule has 2 aromatic rings. The van der Waals surface area contributed by atoms with E-state index in [9.17, 15) is 0 Å². The Hall–Kier alpha value is -1.65. The molecule has 0 bridgehead atoms. The van der Waals surface area contributed by atoms with Crippen molar-refractivity contribution in [3.63, 3.8) is 0 Å². The molecule has 19 heavy (non-hydrogen) atoms. The monoisotopic (exact) mass is 259 g/mol. The van der Waals surface area contributed by atoms with Gasteiger partial charge in [-0.2, -0.15) is 5.10 Å². The van der Waals surface area contributed by atoms with Gasteiger partial charge in [0, 0.05) is 6.54 Å². The van der Waals surface area contributed by atoms with Gasteiger partial charge in [0.15, 0.2) is 5.65 Å².